The Morgan fingerprint density at radius 3 is 2.36 bits per heavy atom. The molecule has 1 atom stereocenters. The quantitative estimate of drug-likeness (QED) is 0.769. The van der Waals surface area contributed by atoms with E-state index in [-0.39, 0.29) is 6.54 Å². The number of furan rings is 2. The number of aliphatic carboxylic acids is 1. The van der Waals surface area contributed by atoms with E-state index in [4.69, 9.17) is 19.3 Å². The molecule has 0 amide bonds. The summed E-state index contributed by atoms with van der Waals surface area (Å²) >= 11 is 0. The molecule has 6 heteroatoms. The maximum absolute atomic E-state index is 11.6. The van der Waals surface area contributed by atoms with Crippen LogP contribution >= 0.6 is 0 Å². The van der Waals surface area contributed by atoms with Crippen LogP contribution in [0.15, 0.2) is 21.0 Å². The van der Waals surface area contributed by atoms with Crippen LogP contribution in [-0.2, 0) is 4.79 Å². The molecule has 22 heavy (non-hydrogen) atoms. The van der Waals surface area contributed by atoms with Crippen LogP contribution in [0.4, 0.5) is 0 Å². The van der Waals surface area contributed by atoms with Crippen molar-refractivity contribution in [2.24, 2.45) is 5.73 Å². The summed E-state index contributed by atoms with van der Waals surface area (Å²) in [6.07, 6.45) is 0. The minimum atomic E-state index is -0.997. The van der Waals surface area contributed by atoms with Crippen LogP contribution in [0.3, 0.4) is 0 Å². The second-order valence-corrected chi connectivity index (χ2v) is 5.27. The Morgan fingerprint density at radius 1 is 1.23 bits per heavy atom. The van der Waals surface area contributed by atoms with E-state index in [9.17, 15) is 9.90 Å². The summed E-state index contributed by atoms with van der Waals surface area (Å²) in [4.78, 5) is 11.6. The topological polar surface area (TPSA) is 98.8 Å². The van der Waals surface area contributed by atoms with Crippen LogP contribution < -0.4 is 10.5 Å². The van der Waals surface area contributed by atoms with Crippen LogP contribution in [0.2, 0.25) is 0 Å². The number of rotatable bonds is 4. The molecule has 0 spiro atoms. The molecule has 0 radical (unpaired) electrons. The van der Waals surface area contributed by atoms with Crippen molar-refractivity contribution in [1.29, 1.82) is 0 Å². The first-order chi connectivity index (χ1) is 10.5. The maximum Gasteiger partial charge on any atom is 0.312 e. The average molecular weight is 303 g/mol. The standard InChI is InChI=1S/C16H17NO5/c1-7-4-9-12(11(6-17)16(18)19)13-10(5-8(2)21-13)14(20-3)15(9)22-7/h4-5,11H,6,17H2,1-3H3,(H,18,19). The lowest BCUT2D eigenvalue weighted by Crippen LogP contribution is -2.21. The third-order valence-corrected chi connectivity index (χ3v) is 3.78. The van der Waals surface area contributed by atoms with Crippen molar-refractivity contribution < 1.29 is 23.5 Å². The smallest absolute Gasteiger partial charge is 0.312 e. The number of ether oxygens (including phenoxy) is 1. The number of benzene rings is 1. The molecule has 116 valence electrons. The van der Waals surface area contributed by atoms with Gasteiger partial charge in [-0.05, 0) is 26.0 Å². The van der Waals surface area contributed by atoms with Gasteiger partial charge in [0.15, 0.2) is 11.3 Å². The highest BCUT2D eigenvalue weighted by molar-refractivity contribution is 6.07. The molecule has 3 aromatic rings. The number of nitrogens with two attached hydrogens (primary N) is 1. The van der Waals surface area contributed by atoms with Gasteiger partial charge in [0, 0.05) is 17.5 Å². The third-order valence-electron chi connectivity index (χ3n) is 3.78. The minimum Gasteiger partial charge on any atom is -0.492 e. The summed E-state index contributed by atoms with van der Waals surface area (Å²) in [6.45, 7) is 3.57. The first-order valence-corrected chi connectivity index (χ1v) is 6.91. The lowest BCUT2D eigenvalue weighted by atomic mass is 9.93. The van der Waals surface area contributed by atoms with Crippen LogP contribution in [-0.4, -0.2) is 24.7 Å². The van der Waals surface area contributed by atoms with E-state index >= 15 is 0 Å². The summed E-state index contributed by atoms with van der Waals surface area (Å²) < 4.78 is 16.9. The molecule has 0 aliphatic rings. The van der Waals surface area contributed by atoms with Crippen LogP contribution in [0.25, 0.3) is 21.9 Å². The number of aryl methyl sites for hydroxylation is 2. The lowest BCUT2D eigenvalue weighted by molar-refractivity contribution is -0.138. The summed E-state index contributed by atoms with van der Waals surface area (Å²) in [5.41, 5.74) is 7.22. The first kappa shape index (κ1) is 14.5. The van der Waals surface area contributed by atoms with Crippen molar-refractivity contribution in [1.82, 2.24) is 0 Å². The predicted molar refractivity (Wildman–Crippen MR) is 81.4 cm³/mol. The molecule has 0 bridgehead atoms. The molecule has 0 aliphatic carbocycles. The summed E-state index contributed by atoms with van der Waals surface area (Å²) in [7, 11) is 1.55. The van der Waals surface area contributed by atoms with Gasteiger partial charge in [-0.15, -0.1) is 0 Å². The van der Waals surface area contributed by atoms with Crippen molar-refractivity contribution in [2.75, 3.05) is 13.7 Å². The van der Waals surface area contributed by atoms with Gasteiger partial charge in [-0.25, -0.2) is 0 Å². The Kier molecular flexibility index (Phi) is 3.33. The summed E-state index contributed by atoms with van der Waals surface area (Å²) in [5, 5.41) is 10.9. The average Bonchev–Trinajstić information content (AvgIpc) is 3.00. The molecule has 0 saturated heterocycles. The van der Waals surface area contributed by atoms with Crippen molar-refractivity contribution in [3.05, 3.63) is 29.2 Å². The Labute approximate surface area is 126 Å². The Balaban J connectivity index is 2.53. The van der Waals surface area contributed by atoms with Crippen LogP contribution in [0.1, 0.15) is 23.0 Å². The Hall–Kier alpha value is -2.47. The molecular formula is C16H17NO5. The number of hydrogen-bond donors (Lipinski definition) is 2. The highest BCUT2D eigenvalue weighted by Gasteiger charge is 2.29. The molecule has 3 N–H and O–H groups in total. The zero-order valence-electron chi connectivity index (χ0n) is 12.6. The molecule has 1 unspecified atom stereocenters. The van der Waals surface area contributed by atoms with Crippen LogP contribution in [0.5, 0.6) is 5.75 Å². The molecule has 0 aliphatic heterocycles. The zero-order chi connectivity index (χ0) is 16.0. The van der Waals surface area contributed by atoms with Gasteiger partial charge >= 0.3 is 5.97 Å². The van der Waals surface area contributed by atoms with Gasteiger partial charge in [0.2, 0.25) is 0 Å². The van der Waals surface area contributed by atoms with E-state index in [1.165, 1.54) is 0 Å². The van der Waals surface area contributed by atoms with Crippen molar-refractivity contribution >= 4 is 27.9 Å². The fourth-order valence-electron chi connectivity index (χ4n) is 2.90. The minimum absolute atomic E-state index is 0.0319. The molecule has 2 aromatic heterocycles. The molecule has 6 nitrogen and oxygen atoms in total. The van der Waals surface area contributed by atoms with Gasteiger partial charge < -0.3 is 24.4 Å². The largest absolute Gasteiger partial charge is 0.492 e. The SMILES string of the molecule is COc1c2cc(C)oc2c(C(CN)C(=O)O)c2cc(C)oc12. The fraction of sp³-hybridized carbons (Fsp3) is 0.312. The van der Waals surface area contributed by atoms with Gasteiger partial charge in [-0.1, -0.05) is 0 Å². The van der Waals surface area contributed by atoms with E-state index in [1.54, 1.807) is 27.0 Å². The molecule has 0 saturated carbocycles. The molecular weight excluding hydrogens is 286 g/mol. The zero-order valence-corrected chi connectivity index (χ0v) is 12.6. The number of hydrogen-bond acceptors (Lipinski definition) is 5. The lowest BCUT2D eigenvalue weighted by Gasteiger charge is -2.13. The summed E-state index contributed by atoms with van der Waals surface area (Å²) in [6, 6.07) is 3.60. The number of methoxy groups -OCH3 is 1. The monoisotopic (exact) mass is 303 g/mol. The molecule has 3 rings (SSSR count). The normalized spacial score (nSPS) is 12.9. The van der Waals surface area contributed by atoms with Gasteiger partial charge in [-0.3, -0.25) is 4.79 Å². The van der Waals surface area contributed by atoms with Gasteiger partial charge in [0.1, 0.15) is 17.1 Å². The number of carbonyl (C=O) groups is 1. The van der Waals surface area contributed by atoms with Gasteiger partial charge in [-0.2, -0.15) is 0 Å². The molecule has 0 fully saturated rings. The van der Waals surface area contributed by atoms with Crippen molar-refractivity contribution in [3.63, 3.8) is 0 Å². The second-order valence-electron chi connectivity index (χ2n) is 5.27. The van der Waals surface area contributed by atoms with E-state index in [2.05, 4.69) is 0 Å². The van der Waals surface area contributed by atoms with E-state index in [0.717, 1.165) is 0 Å². The number of fused-ring (bicyclic) bond motifs is 2. The van der Waals surface area contributed by atoms with Crippen molar-refractivity contribution in [2.45, 2.75) is 19.8 Å². The van der Waals surface area contributed by atoms with E-state index in [0.29, 0.717) is 44.8 Å². The Morgan fingerprint density at radius 2 is 1.82 bits per heavy atom. The number of carboxylic acid groups (broad SMARTS) is 1. The van der Waals surface area contributed by atoms with Gasteiger partial charge in [0.05, 0.1) is 18.4 Å². The van der Waals surface area contributed by atoms with E-state index < -0.39 is 11.9 Å². The maximum atomic E-state index is 11.6. The molecule has 1 aromatic carbocycles. The van der Waals surface area contributed by atoms with Gasteiger partial charge in [0.25, 0.3) is 0 Å². The predicted octanol–water partition coefficient (Wildman–Crippen LogP) is 2.93. The van der Waals surface area contributed by atoms with Crippen LogP contribution in [0, 0.1) is 13.8 Å². The fourth-order valence-corrected chi connectivity index (χ4v) is 2.90. The third kappa shape index (κ3) is 1.95. The Bertz CT molecular complexity index is 816. The highest BCUT2D eigenvalue weighted by Crippen LogP contribution is 2.43. The summed E-state index contributed by atoms with van der Waals surface area (Å²) in [5.74, 6) is 0.00154. The highest BCUT2D eigenvalue weighted by atomic mass is 16.5. The second kappa shape index (κ2) is 5.06. The van der Waals surface area contributed by atoms with Crippen molar-refractivity contribution in [3.8, 4) is 5.75 Å². The number of carboxylic acids is 1. The molecule has 2 heterocycles. The first-order valence-electron chi connectivity index (χ1n) is 6.91. The van der Waals surface area contributed by atoms with E-state index in [1.807, 2.05) is 6.07 Å².